The molecule has 1 unspecified atom stereocenters. The van der Waals surface area contributed by atoms with E-state index in [1.54, 1.807) is 0 Å². The van der Waals surface area contributed by atoms with E-state index in [1.807, 2.05) is 17.8 Å². The van der Waals surface area contributed by atoms with E-state index in [0.717, 1.165) is 10.2 Å². The lowest BCUT2D eigenvalue weighted by molar-refractivity contribution is 0.157. The Morgan fingerprint density at radius 1 is 1.26 bits per heavy atom. The second kappa shape index (κ2) is 5.76. The van der Waals surface area contributed by atoms with Crippen LogP contribution in [0.25, 0.3) is 0 Å². The van der Waals surface area contributed by atoms with Gasteiger partial charge in [0.2, 0.25) is 0 Å². The predicted octanol–water partition coefficient (Wildman–Crippen LogP) is 3.43. The number of hydrogen-bond donors (Lipinski definition) is 2. The first-order valence-electron chi connectivity index (χ1n) is 6.99. The predicted molar refractivity (Wildman–Crippen MR) is 83.6 cm³/mol. The summed E-state index contributed by atoms with van der Waals surface area (Å²) in [6, 6.07) is 8.97. The number of aliphatic hydroxyl groups excluding tert-OH is 1. The van der Waals surface area contributed by atoms with Crippen LogP contribution >= 0.6 is 27.7 Å². The van der Waals surface area contributed by atoms with Gasteiger partial charge in [0.1, 0.15) is 0 Å². The largest absolute Gasteiger partial charge is 0.394 e. The molecule has 4 heteroatoms. The van der Waals surface area contributed by atoms with E-state index in [2.05, 4.69) is 39.4 Å². The molecule has 1 aromatic rings. The summed E-state index contributed by atoms with van der Waals surface area (Å²) in [6.45, 7) is 0.256. The zero-order valence-corrected chi connectivity index (χ0v) is 13.3. The van der Waals surface area contributed by atoms with Gasteiger partial charge in [0.25, 0.3) is 0 Å². The molecule has 19 heavy (non-hydrogen) atoms. The van der Waals surface area contributed by atoms with Gasteiger partial charge in [-0.25, -0.2) is 0 Å². The smallest absolute Gasteiger partial charge is 0.0624 e. The van der Waals surface area contributed by atoms with E-state index >= 15 is 0 Å². The molecule has 2 aliphatic rings. The maximum Gasteiger partial charge on any atom is 0.0624 e. The highest BCUT2D eigenvalue weighted by molar-refractivity contribution is 9.10. The highest BCUT2D eigenvalue weighted by Crippen LogP contribution is 2.44. The molecule has 1 atom stereocenters. The molecule has 0 heterocycles. The van der Waals surface area contributed by atoms with Crippen molar-refractivity contribution in [1.29, 1.82) is 0 Å². The second-order valence-corrected chi connectivity index (χ2v) is 7.60. The molecular formula is C15H20BrNOS. The molecule has 3 rings (SSSR count). The Bertz CT molecular complexity index is 448. The Labute approximate surface area is 127 Å². The molecule has 2 nitrogen and oxygen atoms in total. The van der Waals surface area contributed by atoms with Gasteiger partial charge < -0.3 is 10.4 Å². The van der Waals surface area contributed by atoms with Crippen LogP contribution in [-0.4, -0.2) is 29.0 Å². The molecule has 0 aliphatic heterocycles. The molecule has 0 spiro atoms. The third-order valence-electron chi connectivity index (χ3n) is 4.03. The third kappa shape index (κ3) is 3.35. The van der Waals surface area contributed by atoms with Gasteiger partial charge in [-0.2, -0.15) is 0 Å². The van der Waals surface area contributed by atoms with E-state index in [1.165, 1.54) is 30.6 Å². The number of benzene rings is 1. The lowest BCUT2D eigenvalue weighted by atomic mass is 9.96. The van der Waals surface area contributed by atoms with Crippen LogP contribution in [0.3, 0.4) is 0 Å². The van der Waals surface area contributed by atoms with Crippen molar-refractivity contribution in [3.63, 3.8) is 0 Å². The fraction of sp³-hybridized carbons (Fsp3) is 0.600. The van der Waals surface area contributed by atoms with Gasteiger partial charge >= 0.3 is 0 Å². The molecule has 0 radical (unpaired) electrons. The van der Waals surface area contributed by atoms with Crippen molar-refractivity contribution in [2.24, 2.45) is 5.92 Å². The summed E-state index contributed by atoms with van der Waals surface area (Å²) in [6.07, 6.45) is 5.07. The standard InChI is InChI=1S/C15H20BrNOS/c16-13-3-1-2-4-14(13)19-10-15(9-18,11-5-6-11)17-12-7-8-12/h1-4,11-12,17-18H,5-10H2. The normalized spacial score (nSPS) is 22.2. The lowest BCUT2D eigenvalue weighted by Gasteiger charge is -2.33. The first-order valence-corrected chi connectivity index (χ1v) is 8.77. The fourth-order valence-corrected chi connectivity index (χ4v) is 4.37. The minimum Gasteiger partial charge on any atom is -0.394 e. The molecule has 0 bridgehead atoms. The Hall–Kier alpha value is -0.0300. The third-order valence-corrected chi connectivity index (χ3v) is 6.31. The van der Waals surface area contributed by atoms with Crippen LogP contribution in [-0.2, 0) is 0 Å². The molecular weight excluding hydrogens is 322 g/mol. The number of halogens is 1. The van der Waals surface area contributed by atoms with Crippen LogP contribution < -0.4 is 5.32 Å². The van der Waals surface area contributed by atoms with Crippen LogP contribution in [0.15, 0.2) is 33.6 Å². The second-order valence-electron chi connectivity index (χ2n) is 5.73. The summed E-state index contributed by atoms with van der Waals surface area (Å²) in [5.41, 5.74) is -0.0683. The fourth-order valence-electron chi connectivity index (χ4n) is 2.54. The minimum absolute atomic E-state index is 0.0683. The molecule has 2 N–H and O–H groups in total. The van der Waals surface area contributed by atoms with E-state index in [9.17, 15) is 5.11 Å². The molecule has 1 aromatic carbocycles. The van der Waals surface area contributed by atoms with Crippen molar-refractivity contribution < 1.29 is 5.11 Å². The van der Waals surface area contributed by atoms with Crippen molar-refractivity contribution in [2.45, 2.75) is 42.2 Å². The van der Waals surface area contributed by atoms with Crippen LogP contribution in [0.5, 0.6) is 0 Å². The Morgan fingerprint density at radius 3 is 2.58 bits per heavy atom. The number of aliphatic hydroxyl groups is 1. The number of thioether (sulfide) groups is 1. The molecule has 104 valence electrons. The van der Waals surface area contributed by atoms with Crippen LogP contribution in [0.2, 0.25) is 0 Å². The minimum atomic E-state index is -0.0683. The van der Waals surface area contributed by atoms with Gasteiger partial charge in [-0.1, -0.05) is 12.1 Å². The highest BCUT2D eigenvalue weighted by Gasteiger charge is 2.47. The molecule has 0 amide bonds. The molecule has 2 aliphatic carbocycles. The van der Waals surface area contributed by atoms with Gasteiger partial charge in [0.05, 0.1) is 12.1 Å². The van der Waals surface area contributed by atoms with Crippen molar-refractivity contribution in [2.75, 3.05) is 12.4 Å². The summed E-state index contributed by atoms with van der Waals surface area (Å²) >= 11 is 5.45. The summed E-state index contributed by atoms with van der Waals surface area (Å²) in [4.78, 5) is 1.26. The van der Waals surface area contributed by atoms with Gasteiger partial charge in [-0.3, -0.25) is 0 Å². The number of nitrogens with one attached hydrogen (secondary N) is 1. The Morgan fingerprint density at radius 2 is 2.00 bits per heavy atom. The summed E-state index contributed by atoms with van der Waals surface area (Å²) in [5.74, 6) is 1.61. The maximum atomic E-state index is 9.92. The summed E-state index contributed by atoms with van der Waals surface area (Å²) < 4.78 is 1.15. The average molecular weight is 342 g/mol. The quantitative estimate of drug-likeness (QED) is 0.745. The molecule has 0 saturated heterocycles. The summed E-state index contributed by atoms with van der Waals surface area (Å²) in [5, 5.41) is 13.6. The summed E-state index contributed by atoms with van der Waals surface area (Å²) in [7, 11) is 0. The van der Waals surface area contributed by atoms with Crippen LogP contribution in [0.4, 0.5) is 0 Å². The van der Waals surface area contributed by atoms with Crippen LogP contribution in [0, 0.1) is 5.92 Å². The zero-order chi connectivity index (χ0) is 13.3. The van der Waals surface area contributed by atoms with Crippen molar-refractivity contribution in [1.82, 2.24) is 5.32 Å². The molecule has 2 fully saturated rings. The molecule has 2 saturated carbocycles. The van der Waals surface area contributed by atoms with E-state index in [-0.39, 0.29) is 12.1 Å². The number of rotatable bonds is 7. The van der Waals surface area contributed by atoms with Gasteiger partial charge in [0, 0.05) is 21.2 Å². The van der Waals surface area contributed by atoms with Gasteiger partial charge in [-0.15, -0.1) is 11.8 Å². The number of hydrogen-bond acceptors (Lipinski definition) is 3. The van der Waals surface area contributed by atoms with Crippen LogP contribution in [0.1, 0.15) is 25.7 Å². The zero-order valence-electron chi connectivity index (χ0n) is 10.9. The van der Waals surface area contributed by atoms with E-state index < -0.39 is 0 Å². The first-order chi connectivity index (χ1) is 9.23. The van der Waals surface area contributed by atoms with E-state index in [0.29, 0.717) is 12.0 Å². The first kappa shape index (κ1) is 13.9. The van der Waals surface area contributed by atoms with Crippen molar-refractivity contribution in [3.8, 4) is 0 Å². The lowest BCUT2D eigenvalue weighted by Crippen LogP contribution is -2.53. The van der Waals surface area contributed by atoms with Gasteiger partial charge in [0.15, 0.2) is 0 Å². The molecule has 0 aromatic heterocycles. The topological polar surface area (TPSA) is 32.3 Å². The average Bonchev–Trinajstić information content (AvgIpc) is 3.28. The van der Waals surface area contributed by atoms with E-state index in [4.69, 9.17) is 0 Å². The van der Waals surface area contributed by atoms with Crippen molar-refractivity contribution in [3.05, 3.63) is 28.7 Å². The highest BCUT2D eigenvalue weighted by atomic mass is 79.9. The Kier molecular flexibility index (Phi) is 4.22. The SMILES string of the molecule is OCC(CSc1ccccc1Br)(NC1CC1)C1CC1. The van der Waals surface area contributed by atoms with Crippen molar-refractivity contribution >= 4 is 27.7 Å². The van der Waals surface area contributed by atoms with Gasteiger partial charge in [-0.05, 0) is 59.7 Å². The Balaban J connectivity index is 1.68. The maximum absolute atomic E-state index is 9.92. The monoisotopic (exact) mass is 341 g/mol.